The number of para-hydroxylation sites is 1. The summed E-state index contributed by atoms with van der Waals surface area (Å²) in [5.41, 5.74) is 9.65. The van der Waals surface area contributed by atoms with Crippen LogP contribution in [0, 0.1) is 0 Å². The lowest BCUT2D eigenvalue weighted by Gasteiger charge is -2.13. The number of nitrogens with two attached hydrogens (primary N) is 1. The van der Waals surface area contributed by atoms with Crippen molar-refractivity contribution in [2.24, 2.45) is 0 Å². The van der Waals surface area contributed by atoms with E-state index >= 15 is 0 Å². The van der Waals surface area contributed by atoms with E-state index in [0.717, 1.165) is 18.7 Å². The van der Waals surface area contributed by atoms with Crippen LogP contribution in [0.25, 0.3) is 10.9 Å². The van der Waals surface area contributed by atoms with Crippen LogP contribution in [0.4, 0.5) is 5.69 Å². The normalized spacial score (nSPS) is 15.2. The summed E-state index contributed by atoms with van der Waals surface area (Å²) in [7, 11) is 0. The van der Waals surface area contributed by atoms with Crippen LogP contribution in [-0.2, 0) is 13.0 Å². The van der Waals surface area contributed by atoms with E-state index in [0.29, 0.717) is 0 Å². The number of aromatic nitrogens is 1. The summed E-state index contributed by atoms with van der Waals surface area (Å²) in [6.45, 7) is 1.14. The van der Waals surface area contributed by atoms with E-state index in [9.17, 15) is 0 Å². The van der Waals surface area contributed by atoms with Crippen molar-refractivity contribution in [2.45, 2.75) is 25.8 Å². The van der Waals surface area contributed by atoms with E-state index in [1.165, 1.54) is 29.4 Å². The van der Waals surface area contributed by atoms with Gasteiger partial charge in [0.2, 0.25) is 5.52 Å². The number of pyridine rings is 1. The van der Waals surface area contributed by atoms with Crippen LogP contribution in [0.3, 0.4) is 0 Å². The lowest BCUT2D eigenvalue weighted by atomic mass is 10.0. The number of aryl methyl sites for hydroxylation is 2. The van der Waals surface area contributed by atoms with Gasteiger partial charge in [-0.05, 0) is 12.5 Å². The number of rotatable bonds is 0. The molecule has 0 amide bonds. The highest BCUT2D eigenvalue weighted by Gasteiger charge is 2.20. The van der Waals surface area contributed by atoms with E-state index in [4.69, 9.17) is 5.73 Å². The zero-order chi connectivity index (χ0) is 10.3. The highest BCUT2D eigenvalue weighted by Crippen LogP contribution is 2.21. The predicted octanol–water partition coefficient (Wildman–Crippen LogP) is 2.05. The van der Waals surface area contributed by atoms with Gasteiger partial charge in [0.1, 0.15) is 6.54 Å². The summed E-state index contributed by atoms with van der Waals surface area (Å²) in [6, 6.07) is 10.5. The third kappa shape index (κ3) is 1.29. The lowest BCUT2D eigenvalue weighted by Crippen LogP contribution is -2.42. The van der Waals surface area contributed by atoms with Gasteiger partial charge in [0.25, 0.3) is 0 Å². The fourth-order valence-electron chi connectivity index (χ4n) is 2.49. The second kappa shape index (κ2) is 3.23. The van der Waals surface area contributed by atoms with Gasteiger partial charge in [-0.2, -0.15) is 4.57 Å². The van der Waals surface area contributed by atoms with Gasteiger partial charge in [-0.1, -0.05) is 12.1 Å². The fourth-order valence-corrected chi connectivity index (χ4v) is 2.49. The number of hydrogen-bond donors (Lipinski definition) is 1. The van der Waals surface area contributed by atoms with Gasteiger partial charge in [-0.3, -0.25) is 0 Å². The third-order valence-corrected chi connectivity index (χ3v) is 3.24. The molecule has 0 saturated heterocycles. The average Bonchev–Trinajstić information content (AvgIpc) is 2.30. The minimum Gasteiger partial charge on any atom is -0.398 e. The maximum atomic E-state index is 6.07. The summed E-state index contributed by atoms with van der Waals surface area (Å²) in [5, 5.41) is 1.18. The summed E-state index contributed by atoms with van der Waals surface area (Å²) < 4.78 is 2.41. The van der Waals surface area contributed by atoms with Gasteiger partial charge in [-0.15, -0.1) is 0 Å². The first kappa shape index (κ1) is 8.72. The highest BCUT2D eigenvalue weighted by atomic mass is 15.0. The number of hydrogen-bond acceptors (Lipinski definition) is 1. The lowest BCUT2D eigenvalue weighted by molar-refractivity contribution is -0.684. The van der Waals surface area contributed by atoms with E-state index in [1.54, 1.807) is 0 Å². The van der Waals surface area contributed by atoms with Gasteiger partial charge in [0, 0.05) is 25.0 Å². The van der Waals surface area contributed by atoms with Crippen molar-refractivity contribution < 1.29 is 4.57 Å². The Labute approximate surface area is 89.3 Å². The zero-order valence-electron chi connectivity index (χ0n) is 8.74. The first-order valence-electron chi connectivity index (χ1n) is 5.56. The monoisotopic (exact) mass is 199 g/mol. The summed E-state index contributed by atoms with van der Waals surface area (Å²) in [6.07, 6.45) is 3.73. The Bertz CT molecular complexity index is 517. The quantitative estimate of drug-likeness (QED) is 0.646. The van der Waals surface area contributed by atoms with Gasteiger partial charge >= 0.3 is 0 Å². The van der Waals surface area contributed by atoms with Crippen LogP contribution in [0.5, 0.6) is 0 Å². The van der Waals surface area contributed by atoms with Gasteiger partial charge in [0.05, 0.1) is 11.1 Å². The highest BCUT2D eigenvalue weighted by molar-refractivity contribution is 5.87. The van der Waals surface area contributed by atoms with E-state index in [2.05, 4.69) is 34.9 Å². The summed E-state index contributed by atoms with van der Waals surface area (Å²) in [4.78, 5) is 0. The predicted molar refractivity (Wildman–Crippen MR) is 61.5 cm³/mol. The fraction of sp³-hybridized carbons (Fsp3) is 0.308. The van der Waals surface area contributed by atoms with Crippen molar-refractivity contribution in [3.05, 3.63) is 36.0 Å². The molecule has 1 aliphatic rings. The van der Waals surface area contributed by atoms with Crippen molar-refractivity contribution in [1.82, 2.24) is 0 Å². The van der Waals surface area contributed by atoms with E-state index in [1.807, 2.05) is 0 Å². The van der Waals surface area contributed by atoms with Crippen molar-refractivity contribution in [3.63, 3.8) is 0 Å². The molecule has 1 aromatic heterocycles. The second-order valence-electron chi connectivity index (χ2n) is 4.22. The van der Waals surface area contributed by atoms with Crippen molar-refractivity contribution in [1.29, 1.82) is 0 Å². The Balaban J connectivity index is 2.39. The number of anilines is 1. The SMILES string of the molecule is Nc1cc2[n+](c3ccccc13)CCCC2. The summed E-state index contributed by atoms with van der Waals surface area (Å²) >= 11 is 0. The van der Waals surface area contributed by atoms with E-state index < -0.39 is 0 Å². The molecule has 76 valence electrons. The number of nitrogens with zero attached hydrogens (tertiary/aromatic N) is 1. The van der Waals surface area contributed by atoms with Gasteiger partial charge < -0.3 is 5.73 Å². The molecule has 0 saturated carbocycles. The Morgan fingerprint density at radius 3 is 2.93 bits per heavy atom. The number of fused-ring (bicyclic) bond motifs is 3. The molecule has 1 aromatic carbocycles. The minimum atomic E-state index is 0.916. The van der Waals surface area contributed by atoms with Crippen molar-refractivity contribution >= 4 is 16.6 Å². The molecule has 2 aromatic rings. The molecule has 0 spiro atoms. The molecule has 3 rings (SSSR count). The Morgan fingerprint density at radius 1 is 1.13 bits per heavy atom. The smallest absolute Gasteiger partial charge is 0.214 e. The Hall–Kier alpha value is -1.57. The molecular weight excluding hydrogens is 184 g/mol. The number of nitrogen functional groups attached to an aromatic ring is 1. The van der Waals surface area contributed by atoms with Crippen LogP contribution in [0.15, 0.2) is 30.3 Å². The second-order valence-corrected chi connectivity index (χ2v) is 4.22. The Kier molecular flexibility index (Phi) is 1.88. The molecule has 15 heavy (non-hydrogen) atoms. The van der Waals surface area contributed by atoms with Gasteiger partial charge in [-0.25, -0.2) is 0 Å². The molecular formula is C13H15N2+. The molecule has 0 fully saturated rings. The summed E-state index contributed by atoms with van der Waals surface area (Å²) in [5.74, 6) is 0. The number of benzene rings is 1. The van der Waals surface area contributed by atoms with E-state index in [-0.39, 0.29) is 0 Å². The molecule has 0 radical (unpaired) electrons. The molecule has 1 aliphatic heterocycles. The molecule has 2 heterocycles. The maximum absolute atomic E-state index is 6.07. The molecule has 2 nitrogen and oxygen atoms in total. The van der Waals surface area contributed by atoms with Crippen molar-refractivity contribution in [3.8, 4) is 0 Å². The Morgan fingerprint density at radius 2 is 2.00 bits per heavy atom. The minimum absolute atomic E-state index is 0.916. The first-order chi connectivity index (χ1) is 7.36. The topological polar surface area (TPSA) is 29.9 Å². The van der Waals surface area contributed by atoms with Crippen LogP contribution < -0.4 is 10.3 Å². The molecule has 0 atom stereocenters. The molecule has 2 heteroatoms. The third-order valence-electron chi connectivity index (χ3n) is 3.24. The molecule has 0 bridgehead atoms. The standard InChI is InChI=1S/C13H14N2/c14-12-9-10-5-3-4-8-15(10)13-7-2-1-6-11(12)13/h1-2,6-7,9,14H,3-5,8H2/p+1. The average molecular weight is 199 g/mol. The maximum Gasteiger partial charge on any atom is 0.214 e. The van der Waals surface area contributed by atoms with Crippen LogP contribution in [-0.4, -0.2) is 0 Å². The molecule has 0 aliphatic carbocycles. The molecule has 0 unspecified atom stereocenters. The van der Waals surface area contributed by atoms with Crippen LogP contribution in [0.2, 0.25) is 0 Å². The first-order valence-corrected chi connectivity index (χ1v) is 5.56. The molecule has 2 N–H and O–H groups in total. The van der Waals surface area contributed by atoms with Gasteiger partial charge in [0.15, 0.2) is 5.69 Å². The van der Waals surface area contributed by atoms with Crippen LogP contribution in [0.1, 0.15) is 18.5 Å². The zero-order valence-corrected chi connectivity index (χ0v) is 8.74. The largest absolute Gasteiger partial charge is 0.398 e. The van der Waals surface area contributed by atoms with Crippen LogP contribution >= 0.6 is 0 Å². The van der Waals surface area contributed by atoms with Crippen molar-refractivity contribution in [2.75, 3.05) is 5.73 Å².